The largest absolute Gasteiger partial charge is 0.496 e. The summed E-state index contributed by atoms with van der Waals surface area (Å²) < 4.78 is 32.7. The Bertz CT molecular complexity index is 1080. The van der Waals surface area contributed by atoms with Gasteiger partial charge in [0.15, 0.2) is 0 Å². The van der Waals surface area contributed by atoms with E-state index in [-0.39, 0.29) is 29.7 Å². The maximum atomic E-state index is 13.0. The van der Waals surface area contributed by atoms with Crippen molar-refractivity contribution in [2.75, 3.05) is 32.1 Å². The van der Waals surface area contributed by atoms with Crippen LogP contribution in [0.3, 0.4) is 0 Å². The molecule has 178 valence electrons. The molecule has 1 aliphatic heterocycles. The monoisotopic (exact) mass is 473 g/mol. The summed E-state index contributed by atoms with van der Waals surface area (Å²) in [5.41, 5.74) is 0.894. The summed E-state index contributed by atoms with van der Waals surface area (Å²) in [4.78, 5) is 24.7. The number of carbonyl (C=O) groups is 2. The Morgan fingerprint density at radius 3 is 2.30 bits per heavy atom. The fourth-order valence-corrected chi connectivity index (χ4v) is 5.78. The molecule has 2 amide bonds. The third-order valence-electron chi connectivity index (χ3n) is 5.60. The van der Waals surface area contributed by atoms with E-state index in [1.54, 1.807) is 40.7 Å². The lowest BCUT2D eigenvalue weighted by atomic mass is 9.94. The second-order valence-electron chi connectivity index (χ2n) is 8.55. The molecule has 0 aromatic heterocycles. The number of nitrogens with zero attached hydrogens (tertiary/aromatic N) is 1. The number of hydrogen-bond donors (Lipinski definition) is 2. The van der Waals surface area contributed by atoms with Crippen LogP contribution in [0.25, 0.3) is 0 Å². The molecule has 9 heteroatoms. The Morgan fingerprint density at radius 1 is 1.03 bits per heavy atom. The van der Waals surface area contributed by atoms with E-state index in [9.17, 15) is 18.0 Å². The first-order chi connectivity index (χ1) is 15.7. The molecule has 2 N–H and O–H groups in total. The minimum Gasteiger partial charge on any atom is -0.496 e. The highest BCUT2D eigenvalue weighted by Gasteiger charge is 2.31. The number of nitrogens with one attached hydrogen (secondary N) is 2. The Hall–Kier alpha value is -2.91. The number of sulfonamides is 1. The predicted octanol–water partition coefficient (Wildman–Crippen LogP) is 3.12. The zero-order valence-electron chi connectivity index (χ0n) is 19.2. The number of amides is 2. The molecule has 2 aromatic rings. The lowest BCUT2D eigenvalue weighted by Gasteiger charge is -2.34. The SMILES string of the molecule is COc1ccccc1C(=O)NCCC(=O)Nc1ccc(S(=O)(=O)N2CC(C)CC(C)C2)cc1. The van der Waals surface area contributed by atoms with E-state index in [2.05, 4.69) is 24.5 Å². The Morgan fingerprint density at radius 2 is 1.67 bits per heavy atom. The van der Waals surface area contributed by atoms with Crippen molar-refractivity contribution in [3.63, 3.8) is 0 Å². The van der Waals surface area contributed by atoms with Crippen molar-refractivity contribution in [3.05, 3.63) is 54.1 Å². The number of benzene rings is 2. The zero-order chi connectivity index (χ0) is 24.0. The molecule has 0 bridgehead atoms. The Kier molecular flexibility index (Phi) is 8.10. The number of carbonyl (C=O) groups excluding carboxylic acids is 2. The van der Waals surface area contributed by atoms with E-state index in [0.29, 0.717) is 41.9 Å². The predicted molar refractivity (Wildman–Crippen MR) is 127 cm³/mol. The maximum absolute atomic E-state index is 13.0. The van der Waals surface area contributed by atoms with Crippen molar-refractivity contribution in [2.45, 2.75) is 31.6 Å². The van der Waals surface area contributed by atoms with Crippen LogP contribution in [0.2, 0.25) is 0 Å². The first kappa shape index (κ1) is 24.7. The van der Waals surface area contributed by atoms with E-state index >= 15 is 0 Å². The highest BCUT2D eigenvalue weighted by molar-refractivity contribution is 7.89. The summed E-state index contributed by atoms with van der Waals surface area (Å²) in [5.74, 6) is 0.500. The number of para-hydroxylation sites is 1. The summed E-state index contributed by atoms with van der Waals surface area (Å²) in [6.45, 7) is 5.32. The standard InChI is InChI=1S/C24H31N3O5S/c1-17-14-18(2)16-27(15-17)33(30,31)20-10-8-19(9-11-20)26-23(28)12-13-25-24(29)21-6-4-5-7-22(21)32-3/h4-11,17-18H,12-16H2,1-3H3,(H,25,29)(H,26,28). The van der Waals surface area contributed by atoms with Gasteiger partial charge in [-0.1, -0.05) is 26.0 Å². The summed E-state index contributed by atoms with van der Waals surface area (Å²) in [6.07, 6.45) is 1.10. The van der Waals surface area contributed by atoms with Crippen LogP contribution in [0.5, 0.6) is 5.75 Å². The minimum absolute atomic E-state index is 0.0739. The molecular formula is C24H31N3O5S. The molecule has 0 aliphatic carbocycles. The van der Waals surface area contributed by atoms with E-state index in [4.69, 9.17) is 4.74 Å². The van der Waals surface area contributed by atoms with Crippen LogP contribution in [-0.4, -0.2) is 51.3 Å². The fourth-order valence-electron chi connectivity index (χ4n) is 4.10. The minimum atomic E-state index is -3.57. The fraction of sp³-hybridized carbons (Fsp3) is 0.417. The third-order valence-corrected chi connectivity index (χ3v) is 7.45. The van der Waals surface area contributed by atoms with E-state index in [1.807, 2.05) is 0 Å². The summed E-state index contributed by atoms with van der Waals surface area (Å²) >= 11 is 0. The molecule has 2 aromatic carbocycles. The number of hydrogen-bond acceptors (Lipinski definition) is 5. The number of ether oxygens (including phenoxy) is 1. The maximum Gasteiger partial charge on any atom is 0.255 e. The first-order valence-electron chi connectivity index (χ1n) is 11.0. The lowest BCUT2D eigenvalue weighted by molar-refractivity contribution is -0.116. The van der Waals surface area contributed by atoms with Crippen LogP contribution in [0, 0.1) is 11.8 Å². The van der Waals surface area contributed by atoms with Gasteiger partial charge in [-0.3, -0.25) is 9.59 Å². The highest BCUT2D eigenvalue weighted by atomic mass is 32.2. The molecule has 8 nitrogen and oxygen atoms in total. The number of anilines is 1. The molecule has 0 radical (unpaired) electrons. The molecule has 3 rings (SSSR count). The molecule has 1 heterocycles. The topological polar surface area (TPSA) is 105 Å². The first-order valence-corrected chi connectivity index (χ1v) is 12.5. The smallest absolute Gasteiger partial charge is 0.255 e. The van der Waals surface area contributed by atoms with Crippen LogP contribution in [0.1, 0.15) is 37.0 Å². The second kappa shape index (κ2) is 10.8. The van der Waals surface area contributed by atoms with Crippen LogP contribution in [0.4, 0.5) is 5.69 Å². The molecule has 33 heavy (non-hydrogen) atoms. The van der Waals surface area contributed by atoms with Gasteiger partial charge in [0.25, 0.3) is 5.91 Å². The quantitative estimate of drug-likeness (QED) is 0.613. The summed E-state index contributed by atoms with van der Waals surface area (Å²) in [6, 6.07) is 13.0. The van der Waals surface area contributed by atoms with Crippen LogP contribution in [-0.2, 0) is 14.8 Å². The van der Waals surface area contributed by atoms with Crippen LogP contribution < -0.4 is 15.4 Å². The van der Waals surface area contributed by atoms with Gasteiger partial charge in [0, 0.05) is 31.7 Å². The molecule has 1 fully saturated rings. The average Bonchev–Trinajstić information content (AvgIpc) is 2.78. The highest BCUT2D eigenvalue weighted by Crippen LogP contribution is 2.27. The van der Waals surface area contributed by atoms with E-state index in [0.717, 1.165) is 6.42 Å². The second-order valence-corrected chi connectivity index (χ2v) is 10.5. The van der Waals surface area contributed by atoms with Crippen molar-refractivity contribution >= 4 is 27.5 Å². The summed E-state index contributed by atoms with van der Waals surface area (Å²) in [5, 5.41) is 5.43. The van der Waals surface area contributed by atoms with Gasteiger partial charge in [0.1, 0.15) is 5.75 Å². The third kappa shape index (κ3) is 6.33. The molecule has 0 spiro atoms. The normalized spacial score (nSPS) is 19.0. The molecule has 2 atom stereocenters. The van der Waals surface area contributed by atoms with Crippen molar-refractivity contribution in [1.29, 1.82) is 0 Å². The average molecular weight is 474 g/mol. The Balaban J connectivity index is 1.52. The van der Waals surface area contributed by atoms with Gasteiger partial charge in [0.05, 0.1) is 17.6 Å². The Labute approximate surface area is 195 Å². The van der Waals surface area contributed by atoms with Crippen LogP contribution >= 0.6 is 0 Å². The van der Waals surface area contributed by atoms with Gasteiger partial charge in [0.2, 0.25) is 15.9 Å². The number of rotatable bonds is 8. The molecular weight excluding hydrogens is 442 g/mol. The van der Waals surface area contributed by atoms with Gasteiger partial charge in [-0.05, 0) is 54.7 Å². The van der Waals surface area contributed by atoms with Gasteiger partial charge in [-0.2, -0.15) is 4.31 Å². The van der Waals surface area contributed by atoms with Gasteiger partial charge in [-0.15, -0.1) is 0 Å². The van der Waals surface area contributed by atoms with E-state index < -0.39 is 10.0 Å². The van der Waals surface area contributed by atoms with Crippen molar-refractivity contribution < 1.29 is 22.7 Å². The van der Waals surface area contributed by atoms with Gasteiger partial charge in [-0.25, -0.2) is 8.42 Å². The van der Waals surface area contributed by atoms with Crippen molar-refractivity contribution in [1.82, 2.24) is 9.62 Å². The van der Waals surface area contributed by atoms with Crippen molar-refractivity contribution in [2.24, 2.45) is 11.8 Å². The lowest BCUT2D eigenvalue weighted by Crippen LogP contribution is -2.42. The molecule has 0 saturated carbocycles. The van der Waals surface area contributed by atoms with E-state index in [1.165, 1.54) is 19.2 Å². The van der Waals surface area contributed by atoms with Crippen LogP contribution in [0.15, 0.2) is 53.4 Å². The molecule has 1 aliphatic rings. The molecule has 1 saturated heterocycles. The van der Waals surface area contributed by atoms with Gasteiger partial charge < -0.3 is 15.4 Å². The summed E-state index contributed by atoms with van der Waals surface area (Å²) in [7, 11) is -2.08. The molecule has 2 unspecified atom stereocenters. The van der Waals surface area contributed by atoms with Crippen molar-refractivity contribution in [3.8, 4) is 5.75 Å². The van der Waals surface area contributed by atoms with Gasteiger partial charge >= 0.3 is 0 Å². The number of piperidine rings is 1. The number of methoxy groups -OCH3 is 1. The zero-order valence-corrected chi connectivity index (χ0v) is 20.0.